The molecule has 0 bridgehead atoms. The second-order valence-electron chi connectivity index (χ2n) is 5.44. The Bertz CT molecular complexity index is 290. The molecule has 1 aliphatic rings. The van der Waals surface area contributed by atoms with Gasteiger partial charge >= 0.3 is 12.0 Å². The molecule has 1 atom stereocenters. The molecule has 2 amide bonds. The summed E-state index contributed by atoms with van der Waals surface area (Å²) >= 11 is 0. The standard InChI is InChI=1S/C14H26N2O3/c1-11(12-7-6-8-12)16-14(19)15-10-5-3-2-4-9-13(17)18/h11-12H,2-10H2,1H3,(H,17,18)(H2,15,16,19). The van der Waals surface area contributed by atoms with Gasteiger partial charge in [-0.1, -0.05) is 19.3 Å². The molecule has 1 aliphatic carbocycles. The highest BCUT2D eigenvalue weighted by Gasteiger charge is 2.24. The summed E-state index contributed by atoms with van der Waals surface area (Å²) in [5.74, 6) is -0.0794. The Balaban J connectivity index is 1.90. The molecule has 0 aromatic carbocycles. The number of carboxylic acid groups (broad SMARTS) is 1. The molecule has 0 radical (unpaired) electrons. The summed E-state index contributed by atoms with van der Waals surface area (Å²) in [4.78, 5) is 21.9. The monoisotopic (exact) mass is 270 g/mol. The third kappa shape index (κ3) is 7.03. The Morgan fingerprint density at radius 3 is 2.47 bits per heavy atom. The molecule has 3 N–H and O–H groups in total. The number of aliphatic carboxylic acids is 1. The second kappa shape index (κ2) is 8.77. The van der Waals surface area contributed by atoms with E-state index in [9.17, 15) is 9.59 Å². The first-order valence-electron chi connectivity index (χ1n) is 7.35. The zero-order valence-electron chi connectivity index (χ0n) is 11.8. The largest absolute Gasteiger partial charge is 0.481 e. The third-order valence-electron chi connectivity index (χ3n) is 3.82. The maximum atomic E-state index is 11.6. The summed E-state index contributed by atoms with van der Waals surface area (Å²) in [6, 6.07) is 0.189. The van der Waals surface area contributed by atoms with Crippen molar-refractivity contribution in [1.29, 1.82) is 0 Å². The summed E-state index contributed by atoms with van der Waals surface area (Å²) in [5.41, 5.74) is 0. The Morgan fingerprint density at radius 2 is 1.89 bits per heavy atom. The summed E-state index contributed by atoms with van der Waals surface area (Å²) in [7, 11) is 0. The molecule has 1 unspecified atom stereocenters. The Hall–Kier alpha value is -1.26. The first kappa shape index (κ1) is 15.8. The first-order chi connectivity index (χ1) is 9.09. The van der Waals surface area contributed by atoms with Crippen LogP contribution in [-0.2, 0) is 4.79 Å². The Labute approximate surface area is 115 Å². The number of carbonyl (C=O) groups is 2. The number of urea groups is 1. The van der Waals surface area contributed by atoms with Gasteiger partial charge in [-0.2, -0.15) is 0 Å². The first-order valence-corrected chi connectivity index (χ1v) is 7.35. The highest BCUT2D eigenvalue weighted by molar-refractivity contribution is 5.74. The van der Waals surface area contributed by atoms with Crippen LogP contribution in [0.2, 0.25) is 0 Å². The maximum absolute atomic E-state index is 11.6. The van der Waals surface area contributed by atoms with E-state index in [1.54, 1.807) is 0 Å². The Kier molecular flexibility index (Phi) is 7.30. The molecule has 19 heavy (non-hydrogen) atoms. The van der Waals surface area contributed by atoms with Crippen LogP contribution < -0.4 is 10.6 Å². The minimum Gasteiger partial charge on any atom is -0.481 e. The molecule has 0 aromatic heterocycles. The van der Waals surface area contributed by atoms with Gasteiger partial charge in [0.1, 0.15) is 0 Å². The van der Waals surface area contributed by atoms with E-state index in [1.165, 1.54) is 19.3 Å². The predicted molar refractivity (Wildman–Crippen MR) is 74.1 cm³/mol. The highest BCUT2D eigenvalue weighted by atomic mass is 16.4. The SMILES string of the molecule is CC(NC(=O)NCCCCCCC(=O)O)C1CCC1. The number of amides is 2. The minimum absolute atomic E-state index is 0.0788. The Morgan fingerprint density at radius 1 is 1.21 bits per heavy atom. The van der Waals surface area contributed by atoms with Crippen molar-refractivity contribution in [2.24, 2.45) is 5.92 Å². The topological polar surface area (TPSA) is 78.4 Å². The van der Waals surface area contributed by atoms with E-state index in [0.29, 0.717) is 12.5 Å². The van der Waals surface area contributed by atoms with Crippen LogP contribution in [-0.4, -0.2) is 29.7 Å². The lowest BCUT2D eigenvalue weighted by atomic mass is 9.80. The van der Waals surface area contributed by atoms with E-state index in [2.05, 4.69) is 17.6 Å². The normalized spacial score (nSPS) is 16.5. The summed E-state index contributed by atoms with van der Waals surface area (Å²) < 4.78 is 0. The molecule has 5 nitrogen and oxygen atoms in total. The van der Waals surface area contributed by atoms with E-state index < -0.39 is 5.97 Å². The summed E-state index contributed by atoms with van der Waals surface area (Å²) in [6.45, 7) is 2.73. The van der Waals surface area contributed by atoms with E-state index in [0.717, 1.165) is 25.7 Å². The van der Waals surface area contributed by atoms with Crippen molar-refractivity contribution in [3.05, 3.63) is 0 Å². The van der Waals surface area contributed by atoms with Crippen molar-refractivity contribution in [2.75, 3.05) is 6.54 Å². The van der Waals surface area contributed by atoms with Crippen LogP contribution in [0.3, 0.4) is 0 Å². The lowest BCUT2D eigenvalue weighted by molar-refractivity contribution is -0.137. The number of carbonyl (C=O) groups excluding carboxylic acids is 1. The lowest BCUT2D eigenvalue weighted by Gasteiger charge is -2.31. The summed E-state index contributed by atoms with van der Waals surface area (Å²) in [5, 5.41) is 14.3. The number of hydrogen-bond acceptors (Lipinski definition) is 2. The number of nitrogens with one attached hydrogen (secondary N) is 2. The van der Waals surface area contributed by atoms with Crippen molar-refractivity contribution >= 4 is 12.0 Å². The molecule has 0 aromatic rings. The zero-order chi connectivity index (χ0) is 14.1. The van der Waals surface area contributed by atoms with Crippen LogP contribution in [0.15, 0.2) is 0 Å². The van der Waals surface area contributed by atoms with Gasteiger partial charge in [0.05, 0.1) is 0 Å². The average Bonchev–Trinajstić information content (AvgIpc) is 2.24. The molecule has 0 saturated heterocycles. The quantitative estimate of drug-likeness (QED) is 0.563. The van der Waals surface area contributed by atoms with Crippen LogP contribution in [0.1, 0.15) is 58.3 Å². The van der Waals surface area contributed by atoms with Crippen molar-refractivity contribution in [2.45, 2.75) is 64.3 Å². The maximum Gasteiger partial charge on any atom is 0.315 e. The molecule has 0 spiro atoms. The van der Waals surface area contributed by atoms with Gasteiger partial charge < -0.3 is 15.7 Å². The molecule has 1 rings (SSSR count). The van der Waals surface area contributed by atoms with Gasteiger partial charge in [-0.15, -0.1) is 0 Å². The van der Waals surface area contributed by atoms with Gasteiger partial charge in [0.25, 0.3) is 0 Å². The molecule has 0 heterocycles. The van der Waals surface area contributed by atoms with E-state index in [-0.39, 0.29) is 18.5 Å². The van der Waals surface area contributed by atoms with Crippen LogP contribution >= 0.6 is 0 Å². The highest BCUT2D eigenvalue weighted by Crippen LogP contribution is 2.29. The van der Waals surface area contributed by atoms with Crippen LogP contribution in [0.25, 0.3) is 0 Å². The molecule has 0 aliphatic heterocycles. The van der Waals surface area contributed by atoms with Crippen molar-refractivity contribution < 1.29 is 14.7 Å². The summed E-state index contributed by atoms with van der Waals surface area (Å²) in [6.07, 6.45) is 7.49. The van der Waals surface area contributed by atoms with E-state index in [1.807, 2.05) is 0 Å². The number of hydrogen-bond donors (Lipinski definition) is 3. The zero-order valence-corrected chi connectivity index (χ0v) is 11.8. The fraction of sp³-hybridized carbons (Fsp3) is 0.857. The minimum atomic E-state index is -0.734. The van der Waals surface area contributed by atoms with Gasteiger partial charge in [0.2, 0.25) is 0 Å². The molecule has 1 saturated carbocycles. The third-order valence-corrected chi connectivity index (χ3v) is 3.82. The van der Waals surface area contributed by atoms with Gasteiger partial charge in [-0.3, -0.25) is 4.79 Å². The smallest absolute Gasteiger partial charge is 0.315 e. The van der Waals surface area contributed by atoms with Crippen molar-refractivity contribution in [3.8, 4) is 0 Å². The van der Waals surface area contributed by atoms with Crippen molar-refractivity contribution in [1.82, 2.24) is 10.6 Å². The molecule has 5 heteroatoms. The number of rotatable bonds is 9. The molecular formula is C14H26N2O3. The van der Waals surface area contributed by atoms with E-state index in [4.69, 9.17) is 5.11 Å². The van der Waals surface area contributed by atoms with Gasteiger partial charge in [-0.05, 0) is 38.5 Å². The lowest BCUT2D eigenvalue weighted by Crippen LogP contribution is -2.45. The van der Waals surface area contributed by atoms with Crippen LogP contribution in [0, 0.1) is 5.92 Å². The second-order valence-corrected chi connectivity index (χ2v) is 5.44. The number of unbranched alkanes of at least 4 members (excludes halogenated alkanes) is 3. The van der Waals surface area contributed by atoms with Gasteiger partial charge in [0.15, 0.2) is 0 Å². The van der Waals surface area contributed by atoms with Gasteiger partial charge in [0, 0.05) is 19.0 Å². The van der Waals surface area contributed by atoms with Crippen LogP contribution in [0.5, 0.6) is 0 Å². The predicted octanol–water partition coefficient (Wildman–Crippen LogP) is 2.51. The average molecular weight is 270 g/mol. The number of carboxylic acids is 1. The van der Waals surface area contributed by atoms with Crippen molar-refractivity contribution in [3.63, 3.8) is 0 Å². The van der Waals surface area contributed by atoms with Crippen LogP contribution in [0.4, 0.5) is 4.79 Å². The van der Waals surface area contributed by atoms with Gasteiger partial charge in [-0.25, -0.2) is 4.79 Å². The molecule has 110 valence electrons. The fourth-order valence-electron chi connectivity index (χ4n) is 2.27. The molecule has 1 fully saturated rings. The fourth-order valence-corrected chi connectivity index (χ4v) is 2.27. The molecular weight excluding hydrogens is 244 g/mol. The van der Waals surface area contributed by atoms with E-state index >= 15 is 0 Å².